The SMILES string of the molecule is Fc1cnc(N[C@H]2CO[C@]3(CCCN(Cc4ccccc4)C3)C2)nc1. The summed E-state index contributed by atoms with van der Waals surface area (Å²) in [6.45, 7) is 3.66. The van der Waals surface area contributed by atoms with Crippen molar-refractivity contribution in [2.24, 2.45) is 0 Å². The van der Waals surface area contributed by atoms with Crippen molar-refractivity contribution >= 4 is 5.95 Å². The Morgan fingerprint density at radius 1 is 1.24 bits per heavy atom. The van der Waals surface area contributed by atoms with Crippen molar-refractivity contribution in [1.29, 1.82) is 0 Å². The van der Waals surface area contributed by atoms with Gasteiger partial charge in [-0.2, -0.15) is 0 Å². The van der Waals surface area contributed by atoms with Crippen LogP contribution in [-0.4, -0.2) is 46.2 Å². The highest BCUT2D eigenvalue weighted by atomic mass is 19.1. The summed E-state index contributed by atoms with van der Waals surface area (Å²) in [5.74, 6) is 0.0394. The first-order valence-electron chi connectivity index (χ1n) is 8.85. The van der Waals surface area contributed by atoms with Gasteiger partial charge in [0, 0.05) is 19.5 Å². The molecule has 0 bridgehead atoms. The van der Waals surface area contributed by atoms with E-state index in [-0.39, 0.29) is 11.6 Å². The molecule has 132 valence electrons. The van der Waals surface area contributed by atoms with Crippen LogP contribution in [0.25, 0.3) is 0 Å². The molecule has 1 spiro atoms. The van der Waals surface area contributed by atoms with Crippen LogP contribution in [0.5, 0.6) is 0 Å². The molecule has 0 radical (unpaired) electrons. The van der Waals surface area contributed by atoms with Gasteiger partial charge in [-0.3, -0.25) is 4.90 Å². The average Bonchev–Trinajstić information content (AvgIpc) is 3.00. The molecule has 6 heteroatoms. The molecular formula is C19H23FN4O. The second-order valence-corrected chi connectivity index (χ2v) is 7.06. The summed E-state index contributed by atoms with van der Waals surface area (Å²) >= 11 is 0. The number of likely N-dealkylation sites (tertiary alicyclic amines) is 1. The maximum Gasteiger partial charge on any atom is 0.223 e. The summed E-state index contributed by atoms with van der Waals surface area (Å²) in [5, 5.41) is 3.27. The molecule has 0 aliphatic carbocycles. The van der Waals surface area contributed by atoms with Crippen molar-refractivity contribution in [3.8, 4) is 0 Å². The number of rotatable bonds is 4. The quantitative estimate of drug-likeness (QED) is 0.926. The maximum atomic E-state index is 12.9. The molecular weight excluding hydrogens is 319 g/mol. The van der Waals surface area contributed by atoms with E-state index < -0.39 is 5.82 Å². The fourth-order valence-electron chi connectivity index (χ4n) is 3.96. The topological polar surface area (TPSA) is 50.3 Å². The number of halogens is 1. The van der Waals surface area contributed by atoms with Crippen LogP contribution in [0.3, 0.4) is 0 Å². The van der Waals surface area contributed by atoms with Gasteiger partial charge < -0.3 is 10.1 Å². The van der Waals surface area contributed by atoms with Crippen LogP contribution in [0.1, 0.15) is 24.8 Å². The van der Waals surface area contributed by atoms with E-state index in [0.717, 1.165) is 38.9 Å². The lowest BCUT2D eigenvalue weighted by atomic mass is 9.88. The van der Waals surface area contributed by atoms with Crippen molar-refractivity contribution in [3.05, 3.63) is 54.1 Å². The molecule has 2 atom stereocenters. The van der Waals surface area contributed by atoms with Gasteiger partial charge in [0.05, 0.1) is 30.6 Å². The highest BCUT2D eigenvalue weighted by Gasteiger charge is 2.43. The third kappa shape index (κ3) is 3.96. The summed E-state index contributed by atoms with van der Waals surface area (Å²) in [5.41, 5.74) is 1.25. The predicted molar refractivity (Wildman–Crippen MR) is 93.7 cm³/mol. The molecule has 5 nitrogen and oxygen atoms in total. The van der Waals surface area contributed by atoms with Crippen molar-refractivity contribution in [2.45, 2.75) is 37.5 Å². The minimum absolute atomic E-state index is 0.0925. The summed E-state index contributed by atoms with van der Waals surface area (Å²) in [6, 6.07) is 10.7. The van der Waals surface area contributed by atoms with Crippen molar-refractivity contribution in [1.82, 2.24) is 14.9 Å². The molecule has 2 saturated heterocycles. The van der Waals surface area contributed by atoms with Crippen LogP contribution >= 0.6 is 0 Å². The Bertz CT molecular complexity index is 696. The Labute approximate surface area is 147 Å². The number of nitrogens with one attached hydrogen (secondary N) is 1. The normalized spacial score (nSPS) is 26.8. The number of benzene rings is 1. The largest absolute Gasteiger partial charge is 0.371 e. The molecule has 1 N–H and O–H groups in total. The molecule has 0 saturated carbocycles. The van der Waals surface area contributed by atoms with Crippen LogP contribution in [-0.2, 0) is 11.3 Å². The Hall–Kier alpha value is -2.05. The highest BCUT2D eigenvalue weighted by Crippen LogP contribution is 2.35. The number of aromatic nitrogens is 2. The lowest BCUT2D eigenvalue weighted by Crippen LogP contribution is -2.47. The first-order valence-corrected chi connectivity index (χ1v) is 8.85. The number of anilines is 1. The number of nitrogens with zero attached hydrogens (tertiary/aromatic N) is 3. The first-order chi connectivity index (χ1) is 12.2. The fourth-order valence-corrected chi connectivity index (χ4v) is 3.96. The minimum atomic E-state index is -0.423. The smallest absolute Gasteiger partial charge is 0.223 e. The molecule has 0 unspecified atom stereocenters. The zero-order chi connectivity index (χ0) is 17.1. The third-order valence-corrected chi connectivity index (χ3v) is 5.03. The van der Waals surface area contributed by atoms with Crippen molar-refractivity contribution in [2.75, 3.05) is 25.0 Å². The van der Waals surface area contributed by atoms with Crippen LogP contribution in [0.2, 0.25) is 0 Å². The molecule has 25 heavy (non-hydrogen) atoms. The Kier molecular flexibility index (Phi) is 4.63. The average molecular weight is 342 g/mol. The summed E-state index contributed by atoms with van der Waals surface area (Å²) in [6.07, 6.45) is 5.53. The molecule has 2 aromatic rings. The third-order valence-electron chi connectivity index (χ3n) is 5.03. The highest BCUT2D eigenvalue weighted by molar-refractivity contribution is 5.26. The Morgan fingerprint density at radius 3 is 2.84 bits per heavy atom. The van der Waals surface area contributed by atoms with Crippen molar-refractivity contribution in [3.63, 3.8) is 0 Å². The van der Waals surface area contributed by atoms with Crippen molar-refractivity contribution < 1.29 is 9.13 Å². The van der Waals surface area contributed by atoms with E-state index in [4.69, 9.17) is 4.74 Å². The molecule has 3 heterocycles. The zero-order valence-corrected chi connectivity index (χ0v) is 14.2. The maximum absolute atomic E-state index is 12.9. The van der Waals surface area contributed by atoms with Crippen LogP contribution in [0.15, 0.2) is 42.7 Å². The van der Waals surface area contributed by atoms with E-state index in [1.165, 1.54) is 18.0 Å². The van der Waals surface area contributed by atoms with Crippen LogP contribution in [0, 0.1) is 5.82 Å². The van der Waals surface area contributed by atoms with E-state index in [0.29, 0.717) is 12.6 Å². The fraction of sp³-hybridized carbons (Fsp3) is 0.474. The summed E-state index contributed by atoms with van der Waals surface area (Å²) in [4.78, 5) is 10.4. The molecule has 0 amide bonds. The first kappa shape index (κ1) is 16.4. The molecule has 2 fully saturated rings. The van der Waals surface area contributed by atoms with Gasteiger partial charge in [0.1, 0.15) is 0 Å². The second kappa shape index (κ2) is 7.06. The molecule has 1 aromatic heterocycles. The zero-order valence-electron chi connectivity index (χ0n) is 14.2. The summed E-state index contributed by atoms with van der Waals surface area (Å²) in [7, 11) is 0. The number of ether oxygens (including phenoxy) is 1. The van der Waals surface area contributed by atoms with Crippen LogP contribution < -0.4 is 5.32 Å². The van der Waals surface area contributed by atoms with Gasteiger partial charge in [0.25, 0.3) is 0 Å². The van der Waals surface area contributed by atoms with E-state index in [9.17, 15) is 4.39 Å². The van der Waals surface area contributed by atoms with Gasteiger partial charge in [0.15, 0.2) is 5.82 Å². The van der Waals surface area contributed by atoms with E-state index >= 15 is 0 Å². The second-order valence-electron chi connectivity index (χ2n) is 7.06. The van der Waals surface area contributed by atoms with Gasteiger partial charge in [-0.25, -0.2) is 14.4 Å². The Morgan fingerprint density at radius 2 is 2.04 bits per heavy atom. The monoisotopic (exact) mass is 342 g/mol. The summed E-state index contributed by atoms with van der Waals surface area (Å²) < 4.78 is 19.1. The van der Waals surface area contributed by atoms with E-state index in [2.05, 4.69) is 50.5 Å². The predicted octanol–water partition coefficient (Wildman–Crippen LogP) is 2.85. The molecule has 1 aromatic carbocycles. The van der Waals surface area contributed by atoms with Gasteiger partial charge in [-0.15, -0.1) is 0 Å². The number of hydrogen-bond acceptors (Lipinski definition) is 5. The van der Waals surface area contributed by atoms with Crippen LogP contribution in [0.4, 0.5) is 10.3 Å². The molecule has 2 aliphatic rings. The minimum Gasteiger partial charge on any atom is -0.371 e. The lowest BCUT2D eigenvalue weighted by Gasteiger charge is -2.39. The van der Waals surface area contributed by atoms with Gasteiger partial charge in [-0.1, -0.05) is 30.3 Å². The number of piperidine rings is 1. The lowest BCUT2D eigenvalue weighted by molar-refractivity contribution is -0.0533. The van der Waals surface area contributed by atoms with E-state index in [1.54, 1.807) is 0 Å². The van der Waals surface area contributed by atoms with E-state index in [1.807, 2.05) is 0 Å². The Balaban J connectivity index is 1.36. The number of hydrogen-bond donors (Lipinski definition) is 1. The van der Waals surface area contributed by atoms with Gasteiger partial charge in [0.2, 0.25) is 5.95 Å². The molecule has 2 aliphatic heterocycles. The van der Waals surface area contributed by atoms with Gasteiger partial charge >= 0.3 is 0 Å². The standard InChI is InChI=1S/C19H23FN4O/c20-16-10-21-18(22-11-16)23-17-9-19(25-13-17)7-4-8-24(14-19)12-15-5-2-1-3-6-15/h1-3,5-6,10-11,17H,4,7-9,12-14H2,(H,21,22,23)/t17-,19-/m1/s1. The molecule has 4 rings (SSSR count). The van der Waals surface area contributed by atoms with Gasteiger partial charge in [-0.05, 0) is 24.9 Å².